The third-order valence-electron chi connectivity index (χ3n) is 11.0. The minimum absolute atomic E-state index is 0.188. The van der Waals surface area contributed by atoms with Crippen molar-refractivity contribution in [1.29, 1.82) is 0 Å². The molecule has 0 aromatic heterocycles. The van der Waals surface area contributed by atoms with E-state index < -0.39 is 25.7 Å². The number of fused-ring (bicyclic) bond motifs is 2. The van der Waals surface area contributed by atoms with Crippen molar-refractivity contribution in [2.75, 3.05) is 36.9 Å². The molecule has 0 spiro atoms. The first-order valence-corrected chi connectivity index (χ1v) is 22.3. The Kier molecular flexibility index (Phi) is 13.3. The van der Waals surface area contributed by atoms with E-state index >= 15 is 0 Å². The summed E-state index contributed by atoms with van der Waals surface area (Å²) >= 11 is 0. The summed E-state index contributed by atoms with van der Waals surface area (Å²) in [5.41, 5.74) is 8.50. The Bertz CT molecular complexity index is 2140. The largest absolute Gasteiger partial charge is 0.466 e. The van der Waals surface area contributed by atoms with Crippen molar-refractivity contribution in [2.45, 2.75) is 102 Å². The number of carbonyl (C=O) groups is 1. The molecule has 0 saturated carbocycles. The molecule has 2 aliphatic heterocycles. The molecule has 3 aliphatic rings. The lowest BCUT2D eigenvalue weighted by Gasteiger charge is -2.28. The van der Waals surface area contributed by atoms with Gasteiger partial charge in [0.25, 0.3) is 26.7 Å². The Hall–Kier alpha value is -4.04. The first-order chi connectivity index (χ1) is 26.0. The SMILES string of the molecule is CCCCC[N+]1=C(/C=C/C2=C(NCCOC=O)C(=C/C=C3/N(CCCCS(=O)(=O)O)c4ccc(S(=O)(=O)O)cc4C3(C)C)/CCC2)C(C)(C)c2ccccc21. The van der Waals surface area contributed by atoms with Gasteiger partial charge in [0.15, 0.2) is 5.71 Å². The molecule has 11 nitrogen and oxygen atoms in total. The van der Waals surface area contributed by atoms with Gasteiger partial charge in [-0.1, -0.05) is 57.5 Å². The number of benzene rings is 2. The van der Waals surface area contributed by atoms with Gasteiger partial charge in [-0.25, -0.2) is 0 Å². The Morgan fingerprint density at radius 3 is 2.38 bits per heavy atom. The average Bonchev–Trinajstić information content (AvgIpc) is 3.47. The van der Waals surface area contributed by atoms with Gasteiger partial charge in [0.1, 0.15) is 13.2 Å². The topological polar surface area (TPSA) is 153 Å². The molecular weight excluding hydrogens is 739 g/mol. The third kappa shape index (κ3) is 9.68. The number of rotatable bonds is 18. The zero-order chi connectivity index (χ0) is 40.0. The summed E-state index contributed by atoms with van der Waals surface area (Å²) in [7, 11) is -8.56. The predicted molar refractivity (Wildman–Crippen MR) is 217 cm³/mol. The van der Waals surface area contributed by atoms with Gasteiger partial charge in [0.2, 0.25) is 5.69 Å². The van der Waals surface area contributed by atoms with Crippen LogP contribution in [0.3, 0.4) is 0 Å². The number of carbonyl (C=O) groups excluding carboxylic acids is 1. The van der Waals surface area contributed by atoms with Crippen molar-refractivity contribution < 1.29 is 40.0 Å². The van der Waals surface area contributed by atoms with Crippen molar-refractivity contribution >= 4 is 43.8 Å². The number of allylic oxidation sites excluding steroid dienone is 7. The van der Waals surface area contributed by atoms with Crippen LogP contribution in [-0.2, 0) is 40.6 Å². The predicted octanol–water partition coefficient (Wildman–Crippen LogP) is 7.53. The van der Waals surface area contributed by atoms with Gasteiger partial charge < -0.3 is 15.0 Å². The van der Waals surface area contributed by atoms with E-state index in [1.165, 1.54) is 29.1 Å². The van der Waals surface area contributed by atoms with Crippen molar-refractivity contribution in [3.63, 3.8) is 0 Å². The van der Waals surface area contributed by atoms with E-state index in [2.05, 4.69) is 78.1 Å². The van der Waals surface area contributed by atoms with Crippen LogP contribution in [0.1, 0.15) is 97.1 Å². The molecule has 0 radical (unpaired) electrons. The van der Waals surface area contributed by atoms with Crippen molar-refractivity contribution in [2.24, 2.45) is 0 Å². The molecule has 1 aliphatic carbocycles. The average molecular weight is 795 g/mol. The van der Waals surface area contributed by atoms with Crippen molar-refractivity contribution in [1.82, 2.24) is 5.32 Å². The maximum atomic E-state index is 12.1. The van der Waals surface area contributed by atoms with Gasteiger partial charge in [-0.05, 0) is 93.4 Å². The minimum atomic E-state index is -4.45. The summed E-state index contributed by atoms with van der Waals surface area (Å²) < 4.78 is 73.8. The smallest absolute Gasteiger partial charge is 0.294 e. The fourth-order valence-corrected chi connectivity index (χ4v) is 9.22. The number of ether oxygens (including phenoxy) is 1. The van der Waals surface area contributed by atoms with Crippen LogP contribution in [0, 0.1) is 0 Å². The summed E-state index contributed by atoms with van der Waals surface area (Å²) in [6.07, 6.45) is 15.3. The van der Waals surface area contributed by atoms with Crippen molar-refractivity contribution in [3.8, 4) is 0 Å². The molecule has 0 unspecified atom stereocenters. The van der Waals surface area contributed by atoms with E-state index in [-0.39, 0.29) is 29.1 Å². The number of nitrogens with zero attached hydrogens (tertiary/aromatic N) is 2. The second kappa shape index (κ2) is 17.4. The van der Waals surface area contributed by atoms with Crippen LogP contribution >= 0.6 is 0 Å². The highest BCUT2D eigenvalue weighted by molar-refractivity contribution is 7.86. The van der Waals surface area contributed by atoms with Gasteiger partial charge in [0, 0.05) is 59.7 Å². The van der Waals surface area contributed by atoms with Crippen LogP contribution in [0.2, 0.25) is 0 Å². The molecule has 298 valence electrons. The summed E-state index contributed by atoms with van der Waals surface area (Å²) in [6, 6.07) is 13.2. The van der Waals surface area contributed by atoms with Gasteiger partial charge in [-0.3, -0.25) is 13.9 Å². The van der Waals surface area contributed by atoms with E-state index in [0.717, 1.165) is 78.9 Å². The fourth-order valence-electron chi connectivity index (χ4n) is 8.14. The Morgan fingerprint density at radius 2 is 1.67 bits per heavy atom. The minimum Gasteiger partial charge on any atom is -0.466 e. The second-order valence-electron chi connectivity index (χ2n) is 15.5. The van der Waals surface area contributed by atoms with Gasteiger partial charge in [-0.2, -0.15) is 21.4 Å². The highest BCUT2D eigenvalue weighted by Gasteiger charge is 2.44. The van der Waals surface area contributed by atoms with Crippen LogP contribution in [0.5, 0.6) is 0 Å². The maximum absolute atomic E-state index is 12.1. The number of hydrogen-bond donors (Lipinski definition) is 3. The lowest BCUT2D eigenvalue weighted by molar-refractivity contribution is -0.438. The first-order valence-electron chi connectivity index (χ1n) is 19.2. The summed E-state index contributed by atoms with van der Waals surface area (Å²) in [4.78, 5) is 12.8. The molecule has 5 rings (SSSR count). The Labute approximate surface area is 327 Å². The molecule has 0 atom stereocenters. The molecule has 0 saturated heterocycles. The second-order valence-corrected chi connectivity index (χ2v) is 18.5. The lowest BCUT2D eigenvalue weighted by atomic mass is 9.81. The molecule has 2 aromatic carbocycles. The highest BCUT2D eigenvalue weighted by Crippen LogP contribution is 2.49. The molecule has 2 heterocycles. The lowest BCUT2D eigenvalue weighted by Crippen LogP contribution is -2.28. The van der Waals surface area contributed by atoms with Crippen LogP contribution in [0.15, 0.2) is 94.2 Å². The van der Waals surface area contributed by atoms with Crippen LogP contribution in [-0.4, -0.2) is 74.7 Å². The van der Waals surface area contributed by atoms with E-state index in [1.807, 2.05) is 19.9 Å². The molecule has 0 fully saturated rings. The van der Waals surface area contributed by atoms with E-state index in [9.17, 15) is 30.7 Å². The summed E-state index contributed by atoms with van der Waals surface area (Å²) in [5.74, 6) is -0.356. The molecule has 55 heavy (non-hydrogen) atoms. The summed E-state index contributed by atoms with van der Waals surface area (Å²) in [5, 5.41) is 3.56. The number of unbranched alkanes of at least 4 members (excludes halogenated alkanes) is 3. The molecule has 0 bridgehead atoms. The zero-order valence-electron chi connectivity index (χ0n) is 32.7. The van der Waals surface area contributed by atoms with Crippen LogP contribution in [0.25, 0.3) is 0 Å². The molecule has 0 amide bonds. The Morgan fingerprint density at radius 1 is 0.909 bits per heavy atom. The fraction of sp³-hybridized carbons (Fsp3) is 0.476. The maximum Gasteiger partial charge on any atom is 0.294 e. The van der Waals surface area contributed by atoms with Gasteiger partial charge in [-0.15, -0.1) is 0 Å². The van der Waals surface area contributed by atoms with E-state index in [0.29, 0.717) is 26.0 Å². The molecule has 3 N–H and O–H groups in total. The molecular formula is C42H56N3O8S2+. The standard InChI is InChI=1S/C42H55N3O8S2/c1-6-7-10-25-44-36-17-9-8-16-34(36)41(2,3)38(44)22-18-31-14-13-15-32(40(31)43-24-27-53-30-46)19-23-39-42(4,5)35-29-33(55(50,51)52)20-21-37(35)45(39)26-11-12-28-54(47,48)49/h8-9,16-23,29-30H,6-7,10-15,24-28H2,1-5H3,(H2,47,48,49,50,51,52)/p+1/b32-19+,39-23+. The highest BCUT2D eigenvalue weighted by atomic mass is 32.2. The van der Waals surface area contributed by atoms with Crippen LogP contribution < -0.4 is 10.2 Å². The zero-order valence-corrected chi connectivity index (χ0v) is 34.3. The third-order valence-corrected chi connectivity index (χ3v) is 12.6. The number of anilines is 1. The number of para-hydroxylation sites is 1. The monoisotopic (exact) mass is 794 g/mol. The normalized spacial score (nSPS) is 19.4. The van der Waals surface area contributed by atoms with Gasteiger partial charge >= 0.3 is 0 Å². The molecule has 13 heteroatoms. The van der Waals surface area contributed by atoms with E-state index in [1.54, 1.807) is 6.07 Å². The quantitative estimate of drug-likeness (QED) is 0.0598. The Balaban J connectivity index is 1.57. The van der Waals surface area contributed by atoms with Crippen molar-refractivity contribution in [3.05, 3.63) is 100 Å². The number of hydrogen-bond acceptors (Lipinski definition) is 8. The first kappa shape index (κ1) is 42.1. The number of nitrogens with one attached hydrogen (secondary N) is 1. The van der Waals surface area contributed by atoms with Crippen LogP contribution in [0.4, 0.5) is 11.4 Å². The van der Waals surface area contributed by atoms with E-state index in [4.69, 9.17) is 4.74 Å². The van der Waals surface area contributed by atoms with Gasteiger partial charge in [0.05, 0.1) is 16.1 Å². The molecule has 2 aromatic rings. The summed E-state index contributed by atoms with van der Waals surface area (Å²) in [6.45, 7) is 13.2.